The summed E-state index contributed by atoms with van der Waals surface area (Å²) in [6.07, 6.45) is 0.875. The topological polar surface area (TPSA) is 41.1 Å². The van der Waals surface area contributed by atoms with Crippen molar-refractivity contribution in [2.24, 2.45) is 0 Å². The largest absolute Gasteiger partial charge is 0.352 e. The molecule has 3 nitrogen and oxygen atoms in total. The quantitative estimate of drug-likeness (QED) is 0.799. The maximum atomic E-state index is 11.7. The van der Waals surface area contributed by atoms with Crippen LogP contribution in [0.5, 0.6) is 0 Å². The Morgan fingerprint density at radius 3 is 2.75 bits per heavy atom. The van der Waals surface area contributed by atoms with Gasteiger partial charge in [0.2, 0.25) is 0 Å². The molecule has 1 aromatic carbocycles. The van der Waals surface area contributed by atoms with E-state index in [9.17, 15) is 4.79 Å². The van der Waals surface area contributed by atoms with E-state index in [0.717, 1.165) is 13.0 Å². The molecule has 0 fully saturated rings. The number of hydrogen-bond donors (Lipinski definition) is 2. The zero-order chi connectivity index (χ0) is 12.0. The zero-order valence-corrected chi connectivity index (χ0v) is 10.5. The average molecular weight is 261 g/mol. The second-order valence-electron chi connectivity index (χ2n) is 3.31. The molecule has 5 heteroatoms. The molecule has 0 atom stereocenters. The molecule has 0 radical (unpaired) electrons. The number of amides is 1. The van der Waals surface area contributed by atoms with Crippen molar-refractivity contribution < 1.29 is 4.79 Å². The smallest absolute Gasteiger partial charge is 0.252 e. The molecule has 1 rings (SSSR count). The summed E-state index contributed by atoms with van der Waals surface area (Å²) >= 11 is 11.7. The molecule has 0 bridgehead atoms. The lowest BCUT2D eigenvalue weighted by Gasteiger charge is -2.07. The van der Waals surface area contributed by atoms with E-state index in [1.165, 1.54) is 0 Å². The molecule has 0 heterocycles. The second-order valence-corrected chi connectivity index (χ2v) is 4.10. The van der Waals surface area contributed by atoms with Gasteiger partial charge in [-0.15, -0.1) is 0 Å². The molecule has 0 aliphatic carbocycles. The van der Waals surface area contributed by atoms with Crippen LogP contribution in [0.2, 0.25) is 10.0 Å². The molecule has 1 amide bonds. The third-order valence-corrected chi connectivity index (χ3v) is 2.90. The van der Waals surface area contributed by atoms with Crippen LogP contribution in [0.1, 0.15) is 16.8 Å². The maximum Gasteiger partial charge on any atom is 0.252 e. The fourth-order valence-corrected chi connectivity index (χ4v) is 1.63. The molecule has 0 saturated carbocycles. The molecule has 0 unspecified atom stereocenters. The Labute approximate surface area is 105 Å². The molecule has 0 aliphatic rings. The van der Waals surface area contributed by atoms with Crippen molar-refractivity contribution in [3.05, 3.63) is 33.8 Å². The van der Waals surface area contributed by atoms with Crippen LogP contribution in [0.25, 0.3) is 0 Å². The van der Waals surface area contributed by atoms with Gasteiger partial charge in [0.1, 0.15) is 0 Å². The standard InChI is InChI=1S/C11H14Cl2N2O/c1-14-6-3-7-15-11(16)8-4-2-5-9(12)10(8)13/h2,4-5,14H,3,6-7H2,1H3,(H,15,16). The Bertz CT molecular complexity index is 369. The van der Waals surface area contributed by atoms with Crippen molar-refractivity contribution in [3.8, 4) is 0 Å². The van der Waals surface area contributed by atoms with Crippen LogP contribution in [0, 0.1) is 0 Å². The first-order valence-electron chi connectivity index (χ1n) is 5.03. The first-order chi connectivity index (χ1) is 7.66. The van der Waals surface area contributed by atoms with E-state index in [1.807, 2.05) is 7.05 Å². The van der Waals surface area contributed by atoms with Gasteiger partial charge in [-0.1, -0.05) is 29.3 Å². The van der Waals surface area contributed by atoms with Crippen molar-refractivity contribution in [3.63, 3.8) is 0 Å². The van der Waals surface area contributed by atoms with Crippen LogP contribution >= 0.6 is 23.2 Å². The first kappa shape index (κ1) is 13.3. The lowest BCUT2D eigenvalue weighted by molar-refractivity contribution is 0.0953. The fourth-order valence-electron chi connectivity index (χ4n) is 1.24. The predicted octanol–water partition coefficient (Wildman–Crippen LogP) is 2.33. The zero-order valence-electron chi connectivity index (χ0n) is 9.02. The summed E-state index contributed by atoms with van der Waals surface area (Å²) in [4.78, 5) is 11.7. The van der Waals surface area contributed by atoms with Crippen molar-refractivity contribution >= 4 is 29.1 Å². The van der Waals surface area contributed by atoms with Crippen LogP contribution in [-0.2, 0) is 0 Å². The van der Waals surface area contributed by atoms with Gasteiger partial charge in [-0.2, -0.15) is 0 Å². The van der Waals surface area contributed by atoms with Crippen molar-refractivity contribution in [2.75, 3.05) is 20.1 Å². The molecule has 1 aromatic rings. The van der Waals surface area contributed by atoms with Gasteiger partial charge in [-0.05, 0) is 32.1 Å². The van der Waals surface area contributed by atoms with E-state index in [1.54, 1.807) is 18.2 Å². The molecule has 0 aliphatic heterocycles. The highest BCUT2D eigenvalue weighted by Gasteiger charge is 2.11. The summed E-state index contributed by atoms with van der Waals surface area (Å²) in [5.41, 5.74) is 0.415. The van der Waals surface area contributed by atoms with Gasteiger partial charge in [0, 0.05) is 6.54 Å². The van der Waals surface area contributed by atoms with Gasteiger partial charge in [0.05, 0.1) is 15.6 Å². The minimum Gasteiger partial charge on any atom is -0.352 e. The number of halogens is 2. The Morgan fingerprint density at radius 1 is 1.31 bits per heavy atom. The Hall–Kier alpha value is -0.770. The lowest BCUT2D eigenvalue weighted by atomic mass is 10.2. The maximum absolute atomic E-state index is 11.7. The van der Waals surface area contributed by atoms with Crippen LogP contribution in [0.4, 0.5) is 0 Å². The molecule has 0 aromatic heterocycles. The van der Waals surface area contributed by atoms with E-state index < -0.39 is 0 Å². The summed E-state index contributed by atoms with van der Waals surface area (Å²) in [6.45, 7) is 1.48. The minimum atomic E-state index is -0.191. The number of carbonyl (C=O) groups excluding carboxylic acids is 1. The predicted molar refractivity (Wildman–Crippen MR) is 67.3 cm³/mol. The van der Waals surface area contributed by atoms with E-state index >= 15 is 0 Å². The number of nitrogens with one attached hydrogen (secondary N) is 2. The van der Waals surface area contributed by atoms with Crippen LogP contribution < -0.4 is 10.6 Å². The second kappa shape index (κ2) is 6.74. The summed E-state index contributed by atoms with van der Waals surface area (Å²) in [7, 11) is 1.87. The van der Waals surface area contributed by atoms with Gasteiger partial charge >= 0.3 is 0 Å². The highest BCUT2D eigenvalue weighted by atomic mass is 35.5. The lowest BCUT2D eigenvalue weighted by Crippen LogP contribution is -2.26. The molecule has 2 N–H and O–H groups in total. The highest BCUT2D eigenvalue weighted by Crippen LogP contribution is 2.25. The molecule has 88 valence electrons. The van der Waals surface area contributed by atoms with Crippen LogP contribution in [-0.4, -0.2) is 26.0 Å². The van der Waals surface area contributed by atoms with E-state index in [-0.39, 0.29) is 5.91 Å². The Morgan fingerprint density at radius 2 is 2.06 bits per heavy atom. The Kier molecular flexibility index (Phi) is 5.60. The third kappa shape index (κ3) is 3.67. The molecular formula is C11H14Cl2N2O. The number of benzene rings is 1. The normalized spacial score (nSPS) is 10.2. The van der Waals surface area contributed by atoms with Crippen molar-refractivity contribution in [2.45, 2.75) is 6.42 Å². The monoisotopic (exact) mass is 260 g/mol. The summed E-state index contributed by atoms with van der Waals surface area (Å²) in [6, 6.07) is 5.01. The van der Waals surface area contributed by atoms with Gasteiger partial charge in [0.15, 0.2) is 0 Å². The van der Waals surface area contributed by atoms with Gasteiger partial charge in [-0.3, -0.25) is 4.79 Å². The van der Waals surface area contributed by atoms with E-state index in [2.05, 4.69) is 10.6 Å². The molecule has 16 heavy (non-hydrogen) atoms. The number of carbonyl (C=O) groups is 1. The third-order valence-electron chi connectivity index (χ3n) is 2.09. The summed E-state index contributed by atoms with van der Waals surface area (Å²) in [5.74, 6) is -0.191. The summed E-state index contributed by atoms with van der Waals surface area (Å²) in [5, 5.41) is 6.48. The van der Waals surface area contributed by atoms with Gasteiger partial charge in [-0.25, -0.2) is 0 Å². The van der Waals surface area contributed by atoms with Gasteiger partial charge < -0.3 is 10.6 Å². The van der Waals surface area contributed by atoms with Gasteiger partial charge in [0.25, 0.3) is 5.91 Å². The van der Waals surface area contributed by atoms with Crippen LogP contribution in [0.3, 0.4) is 0 Å². The number of hydrogen-bond acceptors (Lipinski definition) is 2. The SMILES string of the molecule is CNCCCNC(=O)c1cccc(Cl)c1Cl. The Balaban J connectivity index is 2.56. The average Bonchev–Trinajstić information content (AvgIpc) is 2.28. The number of rotatable bonds is 5. The molecular weight excluding hydrogens is 247 g/mol. The van der Waals surface area contributed by atoms with E-state index in [4.69, 9.17) is 23.2 Å². The minimum absolute atomic E-state index is 0.191. The van der Waals surface area contributed by atoms with Crippen molar-refractivity contribution in [1.82, 2.24) is 10.6 Å². The fraction of sp³-hybridized carbons (Fsp3) is 0.364. The van der Waals surface area contributed by atoms with Crippen molar-refractivity contribution in [1.29, 1.82) is 0 Å². The molecule has 0 saturated heterocycles. The summed E-state index contributed by atoms with van der Waals surface area (Å²) < 4.78 is 0. The molecule has 0 spiro atoms. The first-order valence-corrected chi connectivity index (χ1v) is 5.79. The highest BCUT2D eigenvalue weighted by molar-refractivity contribution is 6.43. The van der Waals surface area contributed by atoms with E-state index in [0.29, 0.717) is 22.2 Å². The van der Waals surface area contributed by atoms with Crippen LogP contribution in [0.15, 0.2) is 18.2 Å².